The molecule has 5 atom stereocenters. The smallest absolute Gasteiger partial charge is 0.303 e. The molecule has 0 N–H and O–H groups in total. The maximum absolute atomic E-state index is 13.1. The van der Waals surface area contributed by atoms with Crippen LogP contribution in [-0.4, -0.2) is 99.7 Å². The average molecular weight is 452 g/mol. The van der Waals surface area contributed by atoms with Crippen LogP contribution in [0.4, 0.5) is 4.39 Å². The topological polar surface area (TPSA) is 124 Å². The maximum Gasteiger partial charge on any atom is 0.303 e. The Morgan fingerprint density at radius 2 is 1.35 bits per heavy atom. The van der Waals surface area contributed by atoms with E-state index in [2.05, 4.69) is 0 Å². The van der Waals surface area contributed by atoms with E-state index in [9.17, 15) is 23.6 Å². The molecule has 1 aliphatic heterocycles. The lowest BCUT2D eigenvalue weighted by Gasteiger charge is -2.44. The Morgan fingerprint density at radius 3 is 1.84 bits per heavy atom. The third-order valence-electron chi connectivity index (χ3n) is 4.25. The zero-order valence-corrected chi connectivity index (χ0v) is 18.6. The molecule has 1 heterocycles. The van der Waals surface area contributed by atoms with Crippen molar-refractivity contribution in [2.24, 2.45) is 0 Å². The molecule has 1 rings (SSSR count). The Bertz CT molecular complexity index is 656. The molecule has 11 nitrogen and oxygen atoms in total. The quantitative estimate of drug-likeness (QED) is 0.195. The molecule has 0 aromatic carbocycles. The minimum absolute atomic E-state index is 0.00462. The number of carbonyl (C=O) groups is 4. The summed E-state index contributed by atoms with van der Waals surface area (Å²) in [5.41, 5.74) is 0. The van der Waals surface area contributed by atoms with Crippen LogP contribution in [0, 0.1) is 0 Å². The number of hydrogen-bond donors (Lipinski definition) is 0. The van der Waals surface area contributed by atoms with Gasteiger partial charge in [-0.2, -0.15) is 4.39 Å². The summed E-state index contributed by atoms with van der Waals surface area (Å²) >= 11 is 0. The number of esters is 4. The molecular weight excluding hydrogens is 421 g/mol. The second kappa shape index (κ2) is 11.9. The normalized spacial score (nSPS) is 26.0. The van der Waals surface area contributed by atoms with Gasteiger partial charge in [0, 0.05) is 27.7 Å². The number of alkyl halides is 1. The fourth-order valence-electron chi connectivity index (χ4n) is 2.80. The highest BCUT2D eigenvalue weighted by Crippen LogP contribution is 2.30. The van der Waals surface area contributed by atoms with Crippen LogP contribution in [0.5, 0.6) is 0 Å². The zero-order valence-electron chi connectivity index (χ0n) is 18.6. The predicted molar refractivity (Wildman–Crippen MR) is 101 cm³/mol. The number of carbonyl (C=O) groups excluding carboxylic acids is 4. The lowest BCUT2D eigenvalue weighted by Crippen LogP contribution is -2.63. The Hall–Kier alpha value is -2.31. The molecule has 0 spiro atoms. The van der Waals surface area contributed by atoms with E-state index in [0.29, 0.717) is 0 Å². The first-order valence-corrected chi connectivity index (χ1v) is 9.66. The van der Waals surface area contributed by atoms with Crippen LogP contribution in [0.2, 0.25) is 0 Å². The Labute approximate surface area is 180 Å². The highest BCUT2D eigenvalue weighted by atomic mass is 19.1. The van der Waals surface area contributed by atoms with Gasteiger partial charge in [-0.05, 0) is 0 Å². The van der Waals surface area contributed by atoms with Crippen molar-refractivity contribution in [3.05, 3.63) is 0 Å². The summed E-state index contributed by atoms with van der Waals surface area (Å²) in [6.07, 6.45) is -6.19. The highest BCUT2D eigenvalue weighted by Gasteiger charge is 2.52. The lowest BCUT2D eigenvalue weighted by molar-refractivity contribution is -0.903. The van der Waals surface area contributed by atoms with Crippen molar-refractivity contribution in [2.75, 3.05) is 40.7 Å². The molecule has 178 valence electrons. The van der Waals surface area contributed by atoms with Crippen LogP contribution in [-0.2, 0) is 47.6 Å². The van der Waals surface area contributed by atoms with Crippen molar-refractivity contribution in [1.82, 2.24) is 0 Å². The number of quaternary nitrogens is 1. The minimum Gasteiger partial charge on any atom is -0.463 e. The van der Waals surface area contributed by atoms with Crippen LogP contribution in [0.15, 0.2) is 0 Å². The monoisotopic (exact) mass is 452 g/mol. The van der Waals surface area contributed by atoms with Crippen LogP contribution >= 0.6 is 0 Å². The van der Waals surface area contributed by atoms with Gasteiger partial charge in [-0.15, -0.1) is 0 Å². The summed E-state index contributed by atoms with van der Waals surface area (Å²) < 4.78 is 45.3. The van der Waals surface area contributed by atoms with Crippen molar-refractivity contribution in [2.45, 2.75) is 58.4 Å². The van der Waals surface area contributed by atoms with E-state index in [0.717, 1.165) is 20.8 Å². The molecule has 1 saturated heterocycles. The Morgan fingerprint density at radius 1 is 0.839 bits per heavy atom. The molecule has 0 unspecified atom stereocenters. The van der Waals surface area contributed by atoms with Gasteiger partial charge in [-0.25, -0.2) is 0 Å². The van der Waals surface area contributed by atoms with E-state index < -0.39 is 61.4 Å². The van der Waals surface area contributed by atoms with Crippen LogP contribution in [0.25, 0.3) is 0 Å². The molecule has 0 saturated carbocycles. The number of ether oxygens (including phenoxy) is 6. The van der Waals surface area contributed by atoms with E-state index in [1.54, 1.807) is 14.1 Å². The van der Waals surface area contributed by atoms with Gasteiger partial charge >= 0.3 is 23.9 Å². The average Bonchev–Trinajstić information content (AvgIpc) is 2.63. The third kappa shape index (κ3) is 9.15. The standard InChI is InChI=1S/C19H31FNO10/c1-11(22)27-9-15-16(28-12(2)23)17(29-13(3)24)18(30-14(4)25)19(31-15)26-8-7-21(5,6)10-20/h15-19H,7-10H2,1-6H3/q+1/t15-,16-,17+,18-,19-/m0/s1. The van der Waals surface area contributed by atoms with E-state index in [-0.39, 0.29) is 24.2 Å². The van der Waals surface area contributed by atoms with Gasteiger partial charge in [0.05, 0.1) is 20.7 Å². The van der Waals surface area contributed by atoms with Crippen LogP contribution in [0.3, 0.4) is 0 Å². The largest absolute Gasteiger partial charge is 0.463 e. The molecule has 0 amide bonds. The number of nitrogens with zero attached hydrogens (tertiary/aromatic N) is 1. The number of halogens is 1. The van der Waals surface area contributed by atoms with Crippen LogP contribution in [0.1, 0.15) is 27.7 Å². The molecule has 1 aliphatic rings. The number of rotatable bonds is 10. The van der Waals surface area contributed by atoms with Gasteiger partial charge in [0.15, 0.2) is 24.6 Å². The molecule has 31 heavy (non-hydrogen) atoms. The molecule has 1 fully saturated rings. The first-order valence-electron chi connectivity index (χ1n) is 9.66. The summed E-state index contributed by atoms with van der Waals surface area (Å²) in [5, 5.41) is 0. The van der Waals surface area contributed by atoms with Gasteiger partial charge < -0.3 is 32.9 Å². The molecule has 12 heteroatoms. The maximum atomic E-state index is 13.1. The fraction of sp³-hybridized carbons (Fsp3) is 0.789. The van der Waals surface area contributed by atoms with Crippen molar-refractivity contribution >= 4 is 23.9 Å². The van der Waals surface area contributed by atoms with Gasteiger partial charge in [-0.1, -0.05) is 0 Å². The molecule has 0 aromatic heterocycles. The second-order valence-corrected chi connectivity index (χ2v) is 7.72. The van der Waals surface area contributed by atoms with Crippen molar-refractivity contribution in [3.8, 4) is 0 Å². The van der Waals surface area contributed by atoms with Gasteiger partial charge in [0.2, 0.25) is 6.80 Å². The van der Waals surface area contributed by atoms with Gasteiger partial charge in [0.25, 0.3) is 0 Å². The summed E-state index contributed by atoms with van der Waals surface area (Å²) in [7, 11) is 3.30. The second-order valence-electron chi connectivity index (χ2n) is 7.72. The third-order valence-corrected chi connectivity index (χ3v) is 4.25. The number of hydrogen-bond acceptors (Lipinski definition) is 10. The molecule has 0 aliphatic carbocycles. The predicted octanol–water partition coefficient (Wildman–Crippen LogP) is 0.0895. The summed E-state index contributed by atoms with van der Waals surface area (Å²) in [6, 6.07) is 0. The molecule has 0 aromatic rings. The van der Waals surface area contributed by atoms with Crippen molar-refractivity contribution < 1.29 is 56.5 Å². The highest BCUT2D eigenvalue weighted by molar-refractivity contribution is 5.68. The van der Waals surface area contributed by atoms with Crippen molar-refractivity contribution in [1.29, 1.82) is 0 Å². The van der Waals surface area contributed by atoms with Gasteiger partial charge in [-0.3, -0.25) is 19.2 Å². The first kappa shape index (κ1) is 26.7. The summed E-state index contributed by atoms with van der Waals surface area (Å²) in [4.78, 5) is 46.3. The van der Waals surface area contributed by atoms with Gasteiger partial charge in [0.1, 0.15) is 19.3 Å². The van der Waals surface area contributed by atoms with E-state index >= 15 is 0 Å². The van der Waals surface area contributed by atoms with E-state index in [1.165, 1.54) is 6.92 Å². The summed E-state index contributed by atoms with van der Waals surface area (Å²) in [5.74, 6) is -2.79. The molecule has 0 radical (unpaired) electrons. The Kier molecular flexibility index (Phi) is 10.3. The SMILES string of the molecule is CC(=O)OC[C@@H]1O[C@H](OCC[N+](C)(C)CF)[C@@H](OC(C)=O)[C@H](OC(C)=O)[C@H]1OC(C)=O. The van der Waals surface area contributed by atoms with Crippen molar-refractivity contribution in [3.63, 3.8) is 0 Å². The zero-order chi connectivity index (χ0) is 23.8. The van der Waals surface area contributed by atoms with E-state index in [1.807, 2.05) is 0 Å². The van der Waals surface area contributed by atoms with Crippen LogP contribution < -0.4 is 0 Å². The molecule has 0 bridgehead atoms. The van der Waals surface area contributed by atoms with E-state index in [4.69, 9.17) is 28.4 Å². The number of likely N-dealkylation sites (N-methyl/N-ethyl adjacent to an activating group) is 1. The lowest BCUT2D eigenvalue weighted by atomic mass is 9.98. The fourth-order valence-corrected chi connectivity index (χ4v) is 2.80. The first-order chi connectivity index (χ1) is 14.4. The summed E-state index contributed by atoms with van der Waals surface area (Å²) in [6.45, 7) is 3.85. The Balaban J connectivity index is 3.21. The minimum atomic E-state index is -1.30. The molecular formula is C19H31FNO10+.